The Morgan fingerprint density at radius 1 is 1.22 bits per heavy atom. The zero-order valence-electron chi connectivity index (χ0n) is 14.9. The standard InChI is InChI=1S/C18H21F3N4OS/c1-11-15(27-18(19,20)21)13-3-2-4-14(25(13)24-11)23-17-6-5-16(9-17,10-17)22-12-7-26-8-12/h2-4,12,22-23H,5-10H2,1H3. The van der Waals surface area contributed by atoms with Gasteiger partial charge in [0, 0.05) is 11.1 Å². The number of alkyl halides is 3. The summed E-state index contributed by atoms with van der Waals surface area (Å²) in [6.45, 7) is 3.19. The second kappa shape index (κ2) is 5.78. The van der Waals surface area contributed by atoms with E-state index in [2.05, 4.69) is 15.7 Å². The van der Waals surface area contributed by atoms with Gasteiger partial charge >= 0.3 is 5.51 Å². The Morgan fingerprint density at radius 3 is 2.63 bits per heavy atom. The minimum absolute atomic E-state index is 0.00305. The van der Waals surface area contributed by atoms with Gasteiger partial charge in [-0.2, -0.15) is 18.3 Å². The van der Waals surface area contributed by atoms with Gasteiger partial charge in [-0.3, -0.25) is 0 Å². The summed E-state index contributed by atoms with van der Waals surface area (Å²) in [6.07, 6.45) is 4.21. The number of ether oxygens (including phenoxy) is 1. The first-order chi connectivity index (χ1) is 12.8. The third kappa shape index (κ3) is 3.00. The van der Waals surface area contributed by atoms with Gasteiger partial charge in [-0.15, -0.1) is 0 Å². The van der Waals surface area contributed by atoms with Crippen molar-refractivity contribution in [2.24, 2.45) is 0 Å². The Morgan fingerprint density at radius 2 is 1.96 bits per heavy atom. The van der Waals surface area contributed by atoms with Crippen LogP contribution in [0.25, 0.3) is 5.52 Å². The fourth-order valence-electron chi connectivity index (χ4n) is 4.92. The van der Waals surface area contributed by atoms with Crippen LogP contribution in [0.2, 0.25) is 0 Å². The van der Waals surface area contributed by atoms with Gasteiger partial charge in [-0.25, -0.2) is 4.52 Å². The van der Waals surface area contributed by atoms with Crippen molar-refractivity contribution in [2.45, 2.75) is 60.1 Å². The Hall–Kier alpha value is -1.45. The van der Waals surface area contributed by atoms with Gasteiger partial charge in [-0.05, 0) is 56.5 Å². The van der Waals surface area contributed by atoms with Crippen molar-refractivity contribution in [2.75, 3.05) is 18.5 Å². The molecule has 0 spiro atoms. The van der Waals surface area contributed by atoms with E-state index in [-0.39, 0.29) is 27.7 Å². The van der Waals surface area contributed by atoms with E-state index >= 15 is 0 Å². The molecule has 9 heteroatoms. The van der Waals surface area contributed by atoms with Gasteiger partial charge in [0.1, 0.15) is 5.82 Å². The summed E-state index contributed by atoms with van der Waals surface area (Å²) in [6, 6.07) is 5.83. The molecule has 2 bridgehead atoms. The van der Waals surface area contributed by atoms with E-state index in [1.807, 2.05) is 6.07 Å². The third-order valence-electron chi connectivity index (χ3n) is 5.97. The number of aromatic nitrogens is 2. The second-order valence-corrected chi connectivity index (χ2v) is 9.16. The minimum Gasteiger partial charge on any atom is -0.378 e. The summed E-state index contributed by atoms with van der Waals surface area (Å²) in [5, 5.41) is 11.7. The van der Waals surface area contributed by atoms with Crippen LogP contribution in [0.1, 0.15) is 31.4 Å². The maximum atomic E-state index is 12.9. The molecule has 5 nitrogen and oxygen atoms in total. The van der Waals surface area contributed by atoms with E-state index < -0.39 is 5.51 Å². The van der Waals surface area contributed by atoms with Gasteiger partial charge in [0.2, 0.25) is 0 Å². The molecular weight excluding hydrogens is 377 g/mol. The van der Waals surface area contributed by atoms with Crippen molar-refractivity contribution in [1.29, 1.82) is 0 Å². The molecule has 1 saturated heterocycles. The predicted molar refractivity (Wildman–Crippen MR) is 97.1 cm³/mol. The SMILES string of the molecule is Cc1nn2c(NC34CCC(NC5COC5)(C3)C4)cccc2c1SC(F)(F)F. The Balaban J connectivity index is 1.38. The smallest absolute Gasteiger partial charge is 0.378 e. The van der Waals surface area contributed by atoms with Crippen LogP contribution >= 0.6 is 11.8 Å². The summed E-state index contributed by atoms with van der Waals surface area (Å²) in [5.74, 6) is 0.757. The van der Waals surface area contributed by atoms with Crippen molar-refractivity contribution in [3.8, 4) is 0 Å². The quantitative estimate of drug-likeness (QED) is 0.752. The van der Waals surface area contributed by atoms with E-state index in [0.29, 0.717) is 17.3 Å². The maximum absolute atomic E-state index is 12.9. The molecule has 27 heavy (non-hydrogen) atoms. The lowest BCUT2D eigenvalue weighted by Crippen LogP contribution is -2.65. The highest BCUT2D eigenvalue weighted by Gasteiger charge is 2.61. The average Bonchev–Trinajstić information content (AvgIpc) is 3.14. The number of pyridine rings is 1. The topological polar surface area (TPSA) is 50.6 Å². The molecule has 4 fully saturated rings. The molecule has 1 aliphatic heterocycles. The first kappa shape index (κ1) is 17.6. The first-order valence-corrected chi connectivity index (χ1v) is 9.96. The fourth-order valence-corrected chi connectivity index (χ4v) is 5.60. The summed E-state index contributed by atoms with van der Waals surface area (Å²) in [5.41, 5.74) is -3.25. The highest BCUT2D eigenvalue weighted by Crippen LogP contribution is 2.57. The van der Waals surface area contributed by atoms with Gasteiger partial charge in [0.15, 0.2) is 0 Å². The highest BCUT2D eigenvalue weighted by molar-refractivity contribution is 8.00. The van der Waals surface area contributed by atoms with E-state index in [1.54, 1.807) is 23.6 Å². The molecule has 2 aromatic heterocycles. The molecule has 6 rings (SSSR count). The minimum atomic E-state index is -4.33. The average molecular weight is 398 g/mol. The normalized spacial score (nSPS) is 30.4. The number of aryl methyl sites for hydroxylation is 1. The molecule has 4 aliphatic rings. The van der Waals surface area contributed by atoms with Crippen LogP contribution in [0.5, 0.6) is 0 Å². The van der Waals surface area contributed by atoms with Gasteiger partial charge in [0.05, 0.1) is 35.4 Å². The van der Waals surface area contributed by atoms with Crippen molar-refractivity contribution in [1.82, 2.24) is 14.9 Å². The first-order valence-electron chi connectivity index (χ1n) is 9.14. The third-order valence-corrected chi connectivity index (χ3v) is 6.91. The molecule has 3 aliphatic carbocycles. The number of anilines is 1. The Labute approximate surface area is 159 Å². The largest absolute Gasteiger partial charge is 0.446 e. The predicted octanol–water partition coefficient (Wildman–Crippen LogP) is 3.72. The lowest BCUT2D eigenvalue weighted by atomic mass is 9.70. The zero-order chi connectivity index (χ0) is 18.9. The van der Waals surface area contributed by atoms with Crippen LogP contribution in [0.4, 0.5) is 19.0 Å². The van der Waals surface area contributed by atoms with Crippen molar-refractivity contribution in [3.63, 3.8) is 0 Å². The van der Waals surface area contributed by atoms with E-state index in [4.69, 9.17) is 4.74 Å². The van der Waals surface area contributed by atoms with Gasteiger partial charge in [0.25, 0.3) is 0 Å². The van der Waals surface area contributed by atoms with Crippen LogP contribution < -0.4 is 10.6 Å². The zero-order valence-corrected chi connectivity index (χ0v) is 15.7. The van der Waals surface area contributed by atoms with E-state index in [1.165, 1.54) is 0 Å². The molecule has 3 heterocycles. The molecule has 0 aromatic carbocycles. The van der Waals surface area contributed by atoms with Crippen molar-refractivity contribution >= 4 is 23.1 Å². The summed E-state index contributed by atoms with van der Waals surface area (Å²) >= 11 is -0.0939. The number of rotatable bonds is 5. The molecule has 0 radical (unpaired) electrons. The van der Waals surface area contributed by atoms with Crippen LogP contribution in [-0.2, 0) is 4.74 Å². The van der Waals surface area contributed by atoms with E-state index in [0.717, 1.165) is 44.7 Å². The number of nitrogens with one attached hydrogen (secondary N) is 2. The number of hydrogen-bond donors (Lipinski definition) is 2. The van der Waals surface area contributed by atoms with E-state index in [9.17, 15) is 13.2 Å². The molecule has 2 aromatic rings. The van der Waals surface area contributed by atoms with Gasteiger partial charge < -0.3 is 15.4 Å². The molecule has 2 N–H and O–H groups in total. The number of nitrogens with zero attached hydrogens (tertiary/aromatic N) is 2. The molecule has 0 unspecified atom stereocenters. The molecular formula is C18H21F3N4OS. The molecule has 3 saturated carbocycles. The lowest BCUT2D eigenvalue weighted by Gasteiger charge is -2.51. The number of thioether (sulfide) groups is 1. The number of hydrogen-bond acceptors (Lipinski definition) is 5. The highest BCUT2D eigenvalue weighted by atomic mass is 32.2. The fraction of sp³-hybridized carbons (Fsp3) is 0.611. The number of halogens is 3. The van der Waals surface area contributed by atoms with Crippen molar-refractivity contribution < 1.29 is 17.9 Å². The maximum Gasteiger partial charge on any atom is 0.446 e. The summed E-state index contributed by atoms with van der Waals surface area (Å²) < 4.78 is 45.6. The summed E-state index contributed by atoms with van der Waals surface area (Å²) in [4.78, 5) is 0.171. The molecule has 0 amide bonds. The van der Waals surface area contributed by atoms with Crippen LogP contribution in [-0.4, -0.2) is 45.5 Å². The summed E-state index contributed by atoms with van der Waals surface area (Å²) in [7, 11) is 0. The lowest BCUT2D eigenvalue weighted by molar-refractivity contribution is -0.0328. The molecule has 146 valence electrons. The monoisotopic (exact) mass is 398 g/mol. The van der Waals surface area contributed by atoms with Gasteiger partial charge in [-0.1, -0.05) is 6.07 Å². The van der Waals surface area contributed by atoms with Crippen LogP contribution in [0.15, 0.2) is 23.1 Å². The molecule has 0 atom stereocenters. The number of fused-ring (bicyclic) bond motifs is 2. The Bertz CT molecular complexity index is 887. The second-order valence-electron chi connectivity index (χ2n) is 8.09. The van der Waals surface area contributed by atoms with Crippen molar-refractivity contribution in [3.05, 3.63) is 23.9 Å². The Kier molecular flexibility index (Phi) is 3.77. The van der Waals surface area contributed by atoms with Crippen LogP contribution in [0.3, 0.4) is 0 Å². The van der Waals surface area contributed by atoms with Crippen LogP contribution in [0, 0.1) is 6.92 Å².